The van der Waals surface area contributed by atoms with Crippen molar-refractivity contribution in [1.29, 1.82) is 0 Å². The molecular weight excluding hydrogens is 346 g/mol. The minimum Gasteiger partial charge on any atom is -0.493 e. The van der Waals surface area contributed by atoms with Crippen LogP contribution in [-0.4, -0.2) is 32.4 Å². The van der Waals surface area contributed by atoms with Gasteiger partial charge in [-0.3, -0.25) is 4.79 Å². The minimum absolute atomic E-state index is 0.229. The summed E-state index contributed by atoms with van der Waals surface area (Å²) in [5.74, 6) is 0.238. The van der Waals surface area contributed by atoms with Crippen molar-refractivity contribution < 1.29 is 17.9 Å². The van der Waals surface area contributed by atoms with E-state index in [2.05, 4.69) is 21.2 Å². The van der Waals surface area contributed by atoms with Crippen molar-refractivity contribution in [2.24, 2.45) is 0 Å². The molecule has 1 heterocycles. The van der Waals surface area contributed by atoms with Crippen LogP contribution in [0.5, 0.6) is 5.75 Å². The Labute approximate surface area is 126 Å². The van der Waals surface area contributed by atoms with Gasteiger partial charge in [-0.2, -0.15) is 0 Å². The number of hydrogen-bond acceptors (Lipinski definition) is 4. The summed E-state index contributed by atoms with van der Waals surface area (Å²) in [4.78, 5) is 12.0. The van der Waals surface area contributed by atoms with E-state index in [9.17, 15) is 13.2 Å². The normalized spacial score (nSPS) is 19.6. The van der Waals surface area contributed by atoms with E-state index >= 15 is 0 Å². The fourth-order valence-electron chi connectivity index (χ4n) is 2.00. The zero-order valence-electron chi connectivity index (χ0n) is 11.2. The van der Waals surface area contributed by atoms with Crippen LogP contribution in [0.3, 0.4) is 0 Å². The van der Waals surface area contributed by atoms with E-state index in [4.69, 9.17) is 4.74 Å². The highest BCUT2D eigenvalue weighted by atomic mass is 79.9. The maximum atomic E-state index is 12.0. The van der Waals surface area contributed by atoms with Gasteiger partial charge < -0.3 is 10.1 Å². The molecule has 1 aromatic rings. The van der Waals surface area contributed by atoms with E-state index in [1.165, 1.54) is 6.92 Å². The molecule has 0 unspecified atom stereocenters. The summed E-state index contributed by atoms with van der Waals surface area (Å²) in [5.41, 5.74) is 0.861. The van der Waals surface area contributed by atoms with E-state index in [0.717, 1.165) is 22.0 Å². The lowest BCUT2D eigenvalue weighted by Crippen LogP contribution is -2.40. The lowest BCUT2D eigenvalue weighted by Gasteiger charge is -2.27. The third-order valence-electron chi connectivity index (χ3n) is 3.34. The predicted molar refractivity (Wildman–Crippen MR) is 79.4 cm³/mol. The number of amides is 1. The molecule has 110 valence electrons. The van der Waals surface area contributed by atoms with Gasteiger partial charge in [-0.05, 0) is 25.1 Å². The van der Waals surface area contributed by atoms with Crippen molar-refractivity contribution in [2.75, 3.05) is 12.9 Å². The van der Waals surface area contributed by atoms with Crippen LogP contribution in [0, 0.1) is 0 Å². The second-order valence-electron chi connectivity index (χ2n) is 4.85. The van der Waals surface area contributed by atoms with Crippen molar-refractivity contribution in [3.8, 4) is 5.75 Å². The van der Waals surface area contributed by atoms with Crippen LogP contribution < -0.4 is 10.1 Å². The maximum absolute atomic E-state index is 12.0. The zero-order chi connectivity index (χ0) is 14.9. The highest BCUT2D eigenvalue weighted by Gasteiger charge is 2.28. The number of nitrogens with one attached hydrogen (secondary N) is 1. The maximum Gasteiger partial charge on any atom is 0.238 e. The zero-order valence-corrected chi connectivity index (χ0v) is 13.6. The molecule has 1 aliphatic heterocycles. The van der Waals surface area contributed by atoms with E-state index in [1.54, 1.807) is 0 Å². The van der Waals surface area contributed by atoms with Crippen LogP contribution in [-0.2, 0) is 14.6 Å². The molecule has 2 atom stereocenters. The molecule has 1 aromatic carbocycles. The van der Waals surface area contributed by atoms with Gasteiger partial charge in [0, 0.05) is 22.7 Å². The summed E-state index contributed by atoms with van der Waals surface area (Å²) < 4.78 is 29.3. The summed E-state index contributed by atoms with van der Waals surface area (Å²) in [7, 11) is -3.39. The molecule has 5 nitrogen and oxygen atoms in total. The van der Waals surface area contributed by atoms with Crippen molar-refractivity contribution in [3.05, 3.63) is 28.2 Å². The summed E-state index contributed by atoms with van der Waals surface area (Å²) in [6.45, 7) is 1.89. The number of halogens is 1. The second kappa shape index (κ2) is 5.73. The molecular formula is C13H16BrNO4S. The first-order valence-electron chi connectivity index (χ1n) is 6.20. The molecule has 0 aromatic heterocycles. The minimum atomic E-state index is -3.39. The smallest absolute Gasteiger partial charge is 0.238 e. The average Bonchev–Trinajstić information content (AvgIpc) is 2.37. The quantitative estimate of drug-likeness (QED) is 0.891. The SMILES string of the molecule is C[C@@H](C(=O)N[C@@H]1CCOc2ccc(Br)cc21)S(C)(=O)=O. The van der Waals surface area contributed by atoms with Gasteiger partial charge in [-0.15, -0.1) is 0 Å². The Balaban J connectivity index is 2.20. The van der Waals surface area contributed by atoms with Crippen LogP contribution in [0.1, 0.15) is 24.9 Å². The Hall–Kier alpha value is -1.08. The number of fused-ring (bicyclic) bond motifs is 1. The molecule has 20 heavy (non-hydrogen) atoms. The van der Waals surface area contributed by atoms with Crippen molar-refractivity contribution in [2.45, 2.75) is 24.6 Å². The number of hydrogen-bond donors (Lipinski definition) is 1. The molecule has 2 rings (SSSR count). The van der Waals surface area contributed by atoms with Gasteiger partial charge >= 0.3 is 0 Å². The largest absolute Gasteiger partial charge is 0.493 e. The highest BCUT2D eigenvalue weighted by molar-refractivity contribution is 9.10. The van der Waals surface area contributed by atoms with Gasteiger partial charge in [-0.1, -0.05) is 15.9 Å². The summed E-state index contributed by atoms with van der Waals surface area (Å²) in [5, 5.41) is 1.73. The third-order valence-corrected chi connectivity index (χ3v) is 5.33. The molecule has 0 spiro atoms. The highest BCUT2D eigenvalue weighted by Crippen LogP contribution is 2.34. The summed E-state index contributed by atoms with van der Waals surface area (Å²) >= 11 is 3.38. The lowest BCUT2D eigenvalue weighted by atomic mass is 10.0. The monoisotopic (exact) mass is 361 g/mol. The van der Waals surface area contributed by atoms with Crippen LogP contribution in [0.4, 0.5) is 0 Å². The molecule has 0 bridgehead atoms. The van der Waals surface area contributed by atoms with Crippen LogP contribution in [0.15, 0.2) is 22.7 Å². The van der Waals surface area contributed by atoms with Crippen molar-refractivity contribution in [3.63, 3.8) is 0 Å². The Bertz CT molecular complexity index is 629. The number of sulfone groups is 1. The summed E-state index contributed by atoms with van der Waals surface area (Å²) in [6, 6.07) is 5.35. The van der Waals surface area contributed by atoms with Gasteiger partial charge in [0.15, 0.2) is 9.84 Å². The molecule has 0 saturated carbocycles. The van der Waals surface area contributed by atoms with E-state index in [1.807, 2.05) is 18.2 Å². The molecule has 0 fully saturated rings. The van der Waals surface area contributed by atoms with Crippen LogP contribution in [0.25, 0.3) is 0 Å². The first kappa shape index (κ1) is 15.3. The Kier molecular flexibility index (Phi) is 4.39. The average molecular weight is 362 g/mol. The Morgan fingerprint density at radius 3 is 2.85 bits per heavy atom. The Morgan fingerprint density at radius 1 is 1.50 bits per heavy atom. The molecule has 0 aliphatic carbocycles. The van der Waals surface area contributed by atoms with Gasteiger partial charge in [0.1, 0.15) is 11.0 Å². The number of rotatable bonds is 3. The lowest BCUT2D eigenvalue weighted by molar-refractivity contribution is -0.121. The third kappa shape index (κ3) is 3.32. The molecule has 0 saturated heterocycles. The number of carbonyl (C=O) groups is 1. The van der Waals surface area contributed by atoms with Gasteiger partial charge in [0.25, 0.3) is 0 Å². The second-order valence-corrected chi connectivity index (χ2v) is 8.13. The van der Waals surface area contributed by atoms with E-state index in [0.29, 0.717) is 13.0 Å². The van der Waals surface area contributed by atoms with Crippen LogP contribution >= 0.6 is 15.9 Å². The summed E-state index contributed by atoms with van der Waals surface area (Å²) in [6.07, 6.45) is 1.68. The van der Waals surface area contributed by atoms with E-state index in [-0.39, 0.29) is 6.04 Å². The number of ether oxygens (including phenoxy) is 1. The standard InChI is InChI=1S/C13H16BrNO4S/c1-8(20(2,17)18)13(16)15-11-5-6-19-12-4-3-9(14)7-10(11)12/h3-4,7-8,11H,5-6H2,1-2H3,(H,15,16)/t8-,11+/m0/s1. The first-order valence-corrected chi connectivity index (χ1v) is 8.95. The fraction of sp³-hybridized carbons (Fsp3) is 0.462. The molecule has 1 aliphatic rings. The van der Waals surface area contributed by atoms with Gasteiger partial charge in [-0.25, -0.2) is 8.42 Å². The van der Waals surface area contributed by atoms with Crippen LogP contribution in [0.2, 0.25) is 0 Å². The van der Waals surface area contributed by atoms with E-state index < -0.39 is 21.0 Å². The predicted octanol–water partition coefficient (Wildman–Crippen LogP) is 1.82. The Morgan fingerprint density at radius 2 is 2.20 bits per heavy atom. The fourth-order valence-corrected chi connectivity index (χ4v) is 2.83. The molecule has 0 radical (unpaired) electrons. The van der Waals surface area contributed by atoms with Gasteiger partial charge in [0.05, 0.1) is 12.6 Å². The number of benzene rings is 1. The number of carbonyl (C=O) groups excluding carboxylic acids is 1. The van der Waals surface area contributed by atoms with Crippen molar-refractivity contribution in [1.82, 2.24) is 5.32 Å². The first-order chi connectivity index (χ1) is 9.29. The van der Waals surface area contributed by atoms with Crippen molar-refractivity contribution >= 4 is 31.7 Å². The molecule has 7 heteroatoms. The topological polar surface area (TPSA) is 72.5 Å². The van der Waals surface area contributed by atoms with Gasteiger partial charge in [0.2, 0.25) is 5.91 Å². The molecule has 1 amide bonds. The molecule has 1 N–H and O–H groups in total.